The number of rotatable bonds is 5. The minimum Gasteiger partial charge on any atom is -0.487 e. The molecule has 0 aliphatic heterocycles. The number of nitrogens with one attached hydrogen (secondary N) is 1. The fourth-order valence-electron chi connectivity index (χ4n) is 2.14. The summed E-state index contributed by atoms with van der Waals surface area (Å²) in [7, 11) is 1.92. The number of hydrogen-bond acceptors (Lipinski definition) is 4. The van der Waals surface area contributed by atoms with E-state index in [1.165, 1.54) is 0 Å². The minimum atomic E-state index is 0.171. The second-order valence-electron chi connectivity index (χ2n) is 4.81. The van der Waals surface area contributed by atoms with Crippen molar-refractivity contribution in [1.82, 2.24) is 14.7 Å². The number of hydrogen-bond donors (Lipinski definition) is 1. The van der Waals surface area contributed by atoms with Gasteiger partial charge >= 0.3 is 0 Å². The van der Waals surface area contributed by atoms with Crippen molar-refractivity contribution in [2.45, 2.75) is 19.6 Å². The molecule has 2 heterocycles. The van der Waals surface area contributed by atoms with Crippen molar-refractivity contribution in [3.8, 4) is 5.75 Å². The Labute approximate surface area is 132 Å². The van der Waals surface area contributed by atoms with Gasteiger partial charge in [0.2, 0.25) is 0 Å². The molecule has 3 aromatic rings. The van der Waals surface area contributed by atoms with Crippen molar-refractivity contribution < 1.29 is 4.74 Å². The van der Waals surface area contributed by atoms with Gasteiger partial charge in [-0.2, -0.15) is 0 Å². The molecule has 0 spiro atoms. The maximum absolute atomic E-state index is 6.08. The summed E-state index contributed by atoms with van der Waals surface area (Å²) in [6, 6.07) is 5.85. The highest BCUT2D eigenvalue weighted by atomic mass is 35.5. The Kier molecular flexibility index (Phi) is 4.14. The van der Waals surface area contributed by atoms with Gasteiger partial charge in [0.1, 0.15) is 12.4 Å². The number of aromatic nitrogens is 2. The number of imidazole rings is 1. The van der Waals surface area contributed by atoms with Gasteiger partial charge in [0, 0.05) is 34.4 Å². The summed E-state index contributed by atoms with van der Waals surface area (Å²) in [5, 5.41) is 5.93. The monoisotopic (exact) mass is 321 g/mol. The Bertz CT molecular complexity index is 724. The topological polar surface area (TPSA) is 38.6 Å². The number of fused-ring (bicyclic) bond motifs is 1. The Morgan fingerprint density at radius 3 is 3.10 bits per heavy atom. The summed E-state index contributed by atoms with van der Waals surface area (Å²) in [6.07, 6.45) is 3.98. The van der Waals surface area contributed by atoms with Crippen LogP contribution in [0.25, 0.3) is 4.96 Å². The van der Waals surface area contributed by atoms with Crippen molar-refractivity contribution >= 4 is 27.9 Å². The van der Waals surface area contributed by atoms with Crippen LogP contribution in [0.2, 0.25) is 5.02 Å². The van der Waals surface area contributed by atoms with E-state index in [0.717, 1.165) is 22.0 Å². The maximum Gasteiger partial charge on any atom is 0.193 e. The van der Waals surface area contributed by atoms with Crippen LogP contribution in [-0.2, 0) is 6.61 Å². The van der Waals surface area contributed by atoms with Gasteiger partial charge in [-0.3, -0.25) is 4.40 Å². The number of nitrogens with zero attached hydrogens (tertiary/aromatic N) is 2. The van der Waals surface area contributed by atoms with Crippen LogP contribution >= 0.6 is 22.9 Å². The van der Waals surface area contributed by atoms with E-state index in [2.05, 4.69) is 17.2 Å². The molecule has 1 N–H and O–H groups in total. The van der Waals surface area contributed by atoms with Crippen molar-refractivity contribution in [3.63, 3.8) is 0 Å². The van der Waals surface area contributed by atoms with Gasteiger partial charge in [-0.1, -0.05) is 11.6 Å². The standard InChI is InChI=1S/C15H16ClN3OS/c1-10(17-2)13-7-11(16)3-4-14(13)20-9-12-8-19-5-6-21-15(19)18-12/h3-8,10,17H,9H2,1-2H3. The summed E-state index contributed by atoms with van der Waals surface area (Å²) in [4.78, 5) is 5.49. The summed E-state index contributed by atoms with van der Waals surface area (Å²) in [5.74, 6) is 0.831. The molecule has 4 nitrogen and oxygen atoms in total. The fraction of sp³-hybridized carbons (Fsp3) is 0.267. The first-order chi connectivity index (χ1) is 10.2. The van der Waals surface area contributed by atoms with Crippen LogP contribution in [0.5, 0.6) is 5.75 Å². The lowest BCUT2D eigenvalue weighted by Crippen LogP contribution is -2.13. The average Bonchev–Trinajstić information content (AvgIpc) is 3.06. The van der Waals surface area contributed by atoms with Gasteiger partial charge in [0.05, 0.1) is 5.69 Å². The van der Waals surface area contributed by atoms with E-state index >= 15 is 0 Å². The molecule has 21 heavy (non-hydrogen) atoms. The van der Waals surface area contributed by atoms with Crippen LogP contribution in [0.4, 0.5) is 0 Å². The van der Waals surface area contributed by atoms with Crippen molar-refractivity contribution in [2.24, 2.45) is 0 Å². The first-order valence-electron chi connectivity index (χ1n) is 6.68. The van der Waals surface area contributed by atoms with Crippen LogP contribution < -0.4 is 10.1 Å². The zero-order valence-electron chi connectivity index (χ0n) is 11.8. The third-order valence-electron chi connectivity index (χ3n) is 3.39. The van der Waals surface area contributed by atoms with E-state index in [9.17, 15) is 0 Å². The lowest BCUT2D eigenvalue weighted by Gasteiger charge is -2.16. The predicted molar refractivity (Wildman–Crippen MR) is 86.3 cm³/mol. The SMILES string of the molecule is CNC(C)c1cc(Cl)ccc1OCc1cn2ccsc2n1. The smallest absolute Gasteiger partial charge is 0.193 e. The van der Waals surface area contributed by atoms with E-state index in [-0.39, 0.29) is 6.04 Å². The predicted octanol–water partition coefficient (Wildman–Crippen LogP) is 3.91. The summed E-state index contributed by atoms with van der Waals surface area (Å²) in [5.41, 5.74) is 1.96. The first-order valence-corrected chi connectivity index (χ1v) is 7.93. The molecule has 0 radical (unpaired) electrons. The van der Waals surface area contributed by atoms with Gasteiger partial charge in [-0.25, -0.2) is 4.98 Å². The molecule has 6 heteroatoms. The van der Waals surface area contributed by atoms with Gasteiger partial charge in [0.15, 0.2) is 4.96 Å². The molecule has 3 rings (SSSR count). The lowest BCUT2D eigenvalue weighted by atomic mass is 10.1. The molecule has 0 saturated carbocycles. The highest BCUT2D eigenvalue weighted by molar-refractivity contribution is 7.15. The molecule has 1 aromatic carbocycles. The van der Waals surface area contributed by atoms with E-state index < -0.39 is 0 Å². The van der Waals surface area contributed by atoms with Gasteiger partial charge in [0.25, 0.3) is 0 Å². The summed E-state index contributed by atoms with van der Waals surface area (Å²) >= 11 is 7.69. The Balaban J connectivity index is 1.79. The van der Waals surface area contributed by atoms with Crippen LogP contribution in [0.1, 0.15) is 24.2 Å². The van der Waals surface area contributed by atoms with Gasteiger partial charge < -0.3 is 10.1 Å². The molecule has 1 unspecified atom stereocenters. The number of thiazole rings is 1. The lowest BCUT2D eigenvalue weighted by molar-refractivity contribution is 0.296. The Hall–Kier alpha value is -1.56. The zero-order chi connectivity index (χ0) is 14.8. The molecule has 0 bridgehead atoms. The quantitative estimate of drug-likeness (QED) is 0.774. The number of benzene rings is 1. The second kappa shape index (κ2) is 6.05. The summed E-state index contributed by atoms with van der Waals surface area (Å²) < 4.78 is 7.93. The molecule has 0 amide bonds. The van der Waals surface area contributed by atoms with E-state index in [1.807, 2.05) is 47.4 Å². The van der Waals surface area contributed by atoms with Crippen LogP contribution in [0, 0.1) is 0 Å². The third kappa shape index (κ3) is 3.05. The highest BCUT2D eigenvalue weighted by Gasteiger charge is 2.12. The van der Waals surface area contributed by atoms with Crippen molar-refractivity contribution in [1.29, 1.82) is 0 Å². The largest absolute Gasteiger partial charge is 0.487 e. The fourth-order valence-corrected chi connectivity index (χ4v) is 3.04. The third-order valence-corrected chi connectivity index (χ3v) is 4.40. The zero-order valence-corrected chi connectivity index (χ0v) is 13.4. The molecule has 0 aliphatic carbocycles. The highest BCUT2D eigenvalue weighted by Crippen LogP contribution is 2.29. The van der Waals surface area contributed by atoms with Gasteiger partial charge in [-0.05, 0) is 32.2 Å². The normalized spacial score (nSPS) is 12.7. The van der Waals surface area contributed by atoms with Crippen molar-refractivity contribution in [2.75, 3.05) is 7.05 Å². The van der Waals surface area contributed by atoms with Crippen LogP contribution in [0.3, 0.4) is 0 Å². The molecular weight excluding hydrogens is 306 g/mol. The molecule has 2 aromatic heterocycles. The average molecular weight is 322 g/mol. The molecule has 1 atom stereocenters. The molecule has 110 valence electrons. The maximum atomic E-state index is 6.08. The van der Waals surface area contributed by atoms with Crippen molar-refractivity contribution in [3.05, 3.63) is 52.3 Å². The Morgan fingerprint density at radius 1 is 1.48 bits per heavy atom. The van der Waals surface area contributed by atoms with Crippen LogP contribution in [-0.4, -0.2) is 16.4 Å². The number of halogens is 1. The second-order valence-corrected chi connectivity index (χ2v) is 6.12. The van der Waals surface area contributed by atoms with Crippen LogP contribution in [0.15, 0.2) is 36.0 Å². The summed E-state index contributed by atoms with van der Waals surface area (Å²) in [6.45, 7) is 2.52. The molecular formula is C15H16ClN3OS. The number of ether oxygens (including phenoxy) is 1. The molecule has 0 saturated heterocycles. The first kappa shape index (κ1) is 14.4. The van der Waals surface area contributed by atoms with E-state index in [1.54, 1.807) is 11.3 Å². The van der Waals surface area contributed by atoms with E-state index in [0.29, 0.717) is 11.6 Å². The Morgan fingerprint density at radius 2 is 2.33 bits per heavy atom. The van der Waals surface area contributed by atoms with E-state index in [4.69, 9.17) is 16.3 Å². The minimum absolute atomic E-state index is 0.171. The molecule has 0 aliphatic rings. The van der Waals surface area contributed by atoms with Gasteiger partial charge in [-0.15, -0.1) is 11.3 Å². The molecule has 0 fully saturated rings.